The van der Waals surface area contributed by atoms with Gasteiger partial charge in [-0.05, 0) is 18.3 Å². The fourth-order valence-corrected chi connectivity index (χ4v) is 1.33. The van der Waals surface area contributed by atoms with E-state index in [1.54, 1.807) is 0 Å². The highest BCUT2D eigenvalue weighted by Crippen LogP contribution is 2.19. The Morgan fingerprint density at radius 1 is 1.25 bits per heavy atom. The largest absolute Gasteiger partial charge is 0.468 e. The topological polar surface area (TPSA) is 26.3 Å². The molecule has 0 aromatic carbocycles. The molecule has 0 N–H and O–H groups in total. The van der Waals surface area contributed by atoms with E-state index in [-0.39, 0.29) is 0 Å². The highest BCUT2D eigenvalue weighted by Gasteiger charge is 2.10. The van der Waals surface area contributed by atoms with Crippen LogP contribution < -0.4 is 0 Å². The van der Waals surface area contributed by atoms with Crippen molar-refractivity contribution in [2.45, 2.75) is 40.0 Å². The van der Waals surface area contributed by atoms with Crippen LogP contribution in [0.3, 0.4) is 0 Å². The molecule has 0 aliphatic carbocycles. The van der Waals surface area contributed by atoms with Crippen LogP contribution in [0.25, 0.3) is 0 Å². The summed E-state index contributed by atoms with van der Waals surface area (Å²) in [6, 6.07) is 0. The summed E-state index contributed by atoms with van der Waals surface area (Å²) in [4.78, 5) is 9.86. The van der Waals surface area contributed by atoms with Crippen LogP contribution in [0, 0.1) is 11.8 Å². The van der Waals surface area contributed by atoms with E-state index in [2.05, 4.69) is 25.5 Å². The quantitative estimate of drug-likeness (QED) is 0.436. The molecule has 2 nitrogen and oxygen atoms in total. The molecule has 0 amide bonds. The molecule has 72 valence electrons. The zero-order valence-electron chi connectivity index (χ0n) is 8.38. The van der Waals surface area contributed by atoms with E-state index >= 15 is 0 Å². The molecule has 0 spiro atoms. The van der Waals surface area contributed by atoms with E-state index < -0.39 is 0 Å². The van der Waals surface area contributed by atoms with E-state index in [1.165, 1.54) is 12.8 Å². The van der Waals surface area contributed by atoms with Crippen molar-refractivity contribution in [1.82, 2.24) is 0 Å². The highest BCUT2D eigenvalue weighted by molar-refractivity contribution is 5.36. The van der Waals surface area contributed by atoms with Crippen molar-refractivity contribution in [2.75, 3.05) is 6.61 Å². The van der Waals surface area contributed by atoms with Gasteiger partial charge in [0, 0.05) is 0 Å². The zero-order valence-corrected chi connectivity index (χ0v) is 8.38. The van der Waals surface area contributed by atoms with Gasteiger partial charge in [-0.1, -0.05) is 33.6 Å². The highest BCUT2D eigenvalue weighted by atomic mass is 16.5. The van der Waals surface area contributed by atoms with Crippen LogP contribution in [0.2, 0.25) is 0 Å². The Morgan fingerprint density at radius 3 is 2.33 bits per heavy atom. The summed E-state index contributed by atoms with van der Waals surface area (Å²) in [5.74, 6) is 1.40. The van der Waals surface area contributed by atoms with Gasteiger partial charge in [0.25, 0.3) is 6.47 Å². The number of hydrogen-bond acceptors (Lipinski definition) is 2. The zero-order chi connectivity index (χ0) is 9.40. The minimum absolute atomic E-state index is 0.525. The van der Waals surface area contributed by atoms with Gasteiger partial charge in [-0.2, -0.15) is 0 Å². The maximum atomic E-state index is 9.86. The summed E-state index contributed by atoms with van der Waals surface area (Å²) >= 11 is 0. The van der Waals surface area contributed by atoms with Crippen LogP contribution in [0.4, 0.5) is 0 Å². The third-order valence-corrected chi connectivity index (χ3v) is 2.47. The molecule has 2 atom stereocenters. The van der Waals surface area contributed by atoms with Crippen LogP contribution >= 0.6 is 0 Å². The first-order valence-corrected chi connectivity index (χ1v) is 4.77. The molecule has 0 aliphatic rings. The minimum atomic E-state index is 0.525. The van der Waals surface area contributed by atoms with E-state index in [4.69, 9.17) is 0 Å². The first-order chi connectivity index (χ1) is 5.72. The van der Waals surface area contributed by atoms with Gasteiger partial charge in [0.1, 0.15) is 0 Å². The lowest BCUT2D eigenvalue weighted by Crippen LogP contribution is -2.10. The molecule has 0 saturated heterocycles. The normalized spacial score (nSPS) is 15.2. The predicted molar refractivity (Wildman–Crippen MR) is 49.9 cm³/mol. The summed E-state index contributed by atoms with van der Waals surface area (Å²) in [5, 5.41) is 0. The summed E-state index contributed by atoms with van der Waals surface area (Å²) < 4.78 is 4.65. The van der Waals surface area contributed by atoms with Crippen LogP contribution in [0.1, 0.15) is 40.0 Å². The van der Waals surface area contributed by atoms with Crippen molar-refractivity contribution >= 4 is 6.47 Å². The number of rotatable bonds is 7. The van der Waals surface area contributed by atoms with E-state index in [1.807, 2.05) is 0 Å². The summed E-state index contributed by atoms with van der Waals surface area (Å²) in [5.41, 5.74) is 0. The first kappa shape index (κ1) is 11.5. The van der Waals surface area contributed by atoms with Crippen molar-refractivity contribution in [3.8, 4) is 0 Å². The lowest BCUT2D eigenvalue weighted by molar-refractivity contribution is -0.129. The van der Waals surface area contributed by atoms with Gasteiger partial charge in [-0.3, -0.25) is 4.79 Å². The van der Waals surface area contributed by atoms with Crippen LogP contribution in [-0.2, 0) is 9.53 Å². The standard InChI is InChI=1S/C10H20O2/c1-4-5-9(2)10(3)6-7-12-8-11/h8-10H,4-7H2,1-3H3. The molecule has 0 rings (SSSR count). The van der Waals surface area contributed by atoms with Gasteiger partial charge in [-0.25, -0.2) is 0 Å². The predicted octanol–water partition coefficient (Wildman–Crippen LogP) is 2.62. The fraction of sp³-hybridized carbons (Fsp3) is 0.900. The second-order valence-corrected chi connectivity index (χ2v) is 3.50. The number of hydrogen-bond donors (Lipinski definition) is 0. The molecular weight excluding hydrogens is 152 g/mol. The molecule has 0 aromatic rings. The average Bonchev–Trinajstić information content (AvgIpc) is 2.05. The van der Waals surface area contributed by atoms with Gasteiger partial charge in [0.05, 0.1) is 6.61 Å². The minimum Gasteiger partial charge on any atom is -0.468 e. The Balaban J connectivity index is 3.41. The van der Waals surface area contributed by atoms with Crippen molar-refractivity contribution in [3.05, 3.63) is 0 Å². The second-order valence-electron chi connectivity index (χ2n) is 3.50. The fourth-order valence-electron chi connectivity index (χ4n) is 1.33. The average molecular weight is 172 g/mol. The molecule has 0 aliphatic heterocycles. The van der Waals surface area contributed by atoms with Crippen molar-refractivity contribution in [1.29, 1.82) is 0 Å². The Kier molecular flexibility index (Phi) is 6.82. The Hall–Kier alpha value is -0.530. The van der Waals surface area contributed by atoms with E-state index in [0.717, 1.165) is 12.3 Å². The third-order valence-electron chi connectivity index (χ3n) is 2.47. The molecule has 2 heteroatoms. The van der Waals surface area contributed by atoms with Gasteiger partial charge in [-0.15, -0.1) is 0 Å². The van der Waals surface area contributed by atoms with Gasteiger partial charge < -0.3 is 4.74 Å². The molecule has 2 unspecified atom stereocenters. The summed E-state index contributed by atoms with van der Waals surface area (Å²) in [6.45, 7) is 7.77. The molecule has 0 aromatic heterocycles. The first-order valence-electron chi connectivity index (χ1n) is 4.77. The van der Waals surface area contributed by atoms with Gasteiger partial charge in [0.15, 0.2) is 0 Å². The third kappa shape index (κ3) is 5.16. The maximum absolute atomic E-state index is 9.86. The number of carbonyl (C=O) groups excluding carboxylic acids is 1. The Bertz CT molecular complexity index is 112. The van der Waals surface area contributed by atoms with Crippen molar-refractivity contribution < 1.29 is 9.53 Å². The molecule has 0 radical (unpaired) electrons. The monoisotopic (exact) mass is 172 g/mol. The molecular formula is C10H20O2. The van der Waals surface area contributed by atoms with Crippen molar-refractivity contribution in [2.24, 2.45) is 11.8 Å². The van der Waals surface area contributed by atoms with Gasteiger partial charge >= 0.3 is 0 Å². The second kappa shape index (κ2) is 7.14. The van der Waals surface area contributed by atoms with Crippen LogP contribution in [0.15, 0.2) is 0 Å². The lowest BCUT2D eigenvalue weighted by atomic mass is 9.90. The lowest BCUT2D eigenvalue weighted by Gasteiger charge is -2.18. The van der Waals surface area contributed by atoms with Crippen LogP contribution in [-0.4, -0.2) is 13.1 Å². The summed E-state index contributed by atoms with van der Waals surface area (Å²) in [7, 11) is 0. The molecule has 0 heterocycles. The Morgan fingerprint density at radius 2 is 1.83 bits per heavy atom. The molecule has 0 fully saturated rings. The van der Waals surface area contributed by atoms with Crippen LogP contribution in [0.5, 0.6) is 0 Å². The smallest absolute Gasteiger partial charge is 0.293 e. The molecule has 12 heavy (non-hydrogen) atoms. The van der Waals surface area contributed by atoms with Crippen molar-refractivity contribution in [3.63, 3.8) is 0 Å². The van der Waals surface area contributed by atoms with E-state index in [9.17, 15) is 4.79 Å². The van der Waals surface area contributed by atoms with E-state index in [0.29, 0.717) is 19.0 Å². The number of ether oxygens (including phenoxy) is 1. The Labute approximate surface area is 75.3 Å². The number of carbonyl (C=O) groups is 1. The molecule has 0 bridgehead atoms. The van der Waals surface area contributed by atoms with Gasteiger partial charge in [0.2, 0.25) is 0 Å². The summed E-state index contributed by atoms with van der Waals surface area (Å²) in [6.07, 6.45) is 3.49. The SMILES string of the molecule is CCCC(C)C(C)CCOC=O. The maximum Gasteiger partial charge on any atom is 0.293 e. The molecule has 0 saturated carbocycles.